The Morgan fingerprint density at radius 2 is 2.07 bits per heavy atom. The Bertz CT molecular complexity index is 1060. The summed E-state index contributed by atoms with van der Waals surface area (Å²) < 4.78 is 39.4. The molecule has 0 spiro atoms. The molecule has 3 rings (SSSR count). The van der Waals surface area contributed by atoms with E-state index >= 15 is 0 Å². The molecular formula is C18H16ClFN2O4S2. The largest absolute Gasteiger partial charge is 0.324 e. The number of carbonyl (C=O) groups excluding carboxylic acids is 2. The average Bonchev–Trinajstić information content (AvgIpc) is 2.63. The van der Waals surface area contributed by atoms with Crippen LogP contribution in [0.25, 0.3) is 0 Å². The second kappa shape index (κ2) is 8.10. The van der Waals surface area contributed by atoms with Crippen LogP contribution in [0.15, 0.2) is 46.2 Å². The van der Waals surface area contributed by atoms with Gasteiger partial charge in [-0.3, -0.25) is 9.59 Å². The van der Waals surface area contributed by atoms with Gasteiger partial charge in [-0.1, -0.05) is 11.6 Å². The second-order valence-electron chi connectivity index (χ2n) is 6.23. The van der Waals surface area contributed by atoms with Crippen LogP contribution in [0.5, 0.6) is 0 Å². The van der Waals surface area contributed by atoms with Crippen LogP contribution in [0, 0.1) is 5.82 Å². The molecule has 1 atom stereocenters. The molecule has 0 bridgehead atoms. The summed E-state index contributed by atoms with van der Waals surface area (Å²) in [7, 11) is -3.83. The fourth-order valence-electron chi connectivity index (χ4n) is 2.63. The summed E-state index contributed by atoms with van der Waals surface area (Å²) in [5.41, 5.74) is 0.356. The number of hydrogen-bond donors (Lipinski definition) is 2. The minimum atomic E-state index is -3.83. The minimum absolute atomic E-state index is 0.00650. The van der Waals surface area contributed by atoms with Gasteiger partial charge >= 0.3 is 0 Å². The molecule has 2 N–H and O–H groups in total. The topological polar surface area (TPSA) is 92.3 Å². The summed E-state index contributed by atoms with van der Waals surface area (Å²) in [6.07, 6.45) is -0.359. The van der Waals surface area contributed by atoms with Crippen molar-refractivity contribution in [2.45, 2.75) is 28.4 Å². The minimum Gasteiger partial charge on any atom is -0.324 e. The zero-order chi connectivity index (χ0) is 20.5. The first-order valence-corrected chi connectivity index (χ1v) is 11.1. The van der Waals surface area contributed by atoms with E-state index in [1.165, 1.54) is 43.0 Å². The van der Waals surface area contributed by atoms with Gasteiger partial charge in [0.1, 0.15) is 5.82 Å². The maximum Gasteiger partial charge on any atom is 0.234 e. The number of hydrogen-bond acceptors (Lipinski definition) is 5. The molecule has 2 amide bonds. The van der Waals surface area contributed by atoms with Gasteiger partial charge in [0.2, 0.25) is 11.8 Å². The lowest BCUT2D eigenvalue weighted by molar-refractivity contribution is -0.116. The highest BCUT2D eigenvalue weighted by molar-refractivity contribution is 8.00. The van der Waals surface area contributed by atoms with Crippen molar-refractivity contribution >= 4 is 56.4 Å². The summed E-state index contributed by atoms with van der Waals surface area (Å²) in [5, 5.41) is 4.13. The van der Waals surface area contributed by atoms with Gasteiger partial charge in [-0.05, 0) is 43.3 Å². The van der Waals surface area contributed by atoms with Crippen molar-refractivity contribution in [2.75, 3.05) is 16.4 Å². The number of benzene rings is 2. The molecule has 0 saturated carbocycles. The number of amides is 2. The van der Waals surface area contributed by atoms with Gasteiger partial charge in [0.05, 0.1) is 27.3 Å². The number of sulfone groups is 1. The van der Waals surface area contributed by atoms with Crippen molar-refractivity contribution in [3.05, 3.63) is 47.2 Å². The van der Waals surface area contributed by atoms with E-state index in [1.807, 2.05) is 0 Å². The third-order valence-corrected chi connectivity index (χ3v) is 7.57. The van der Waals surface area contributed by atoms with Crippen LogP contribution in [-0.4, -0.2) is 31.2 Å². The summed E-state index contributed by atoms with van der Waals surface area (Å²) in [6, 6.07) is 8.24. The predicted molar refractivity (Wildman–Crippen MR) is 107 cm³/mol. The number of anilines is 2. The molecule has 0 aromatic heterocycles. The van der Waals surface area contributed by atoms with Crippen molar-refractivity contribution in [3.63, 3.8) is 0 Å². The first-order valence-electron chi connectivity index (χ1n) is 8.22. The van der Waals surface area contributed by atoms with Crippen molar-refractivity contribution in [1.29, 1.82) is 0 Å². The van der Waals surface area contributed by atoms with Crippen LogP contribution in [-0.2, 0) is 19.4 Å². The lowest BCUT2D eigenvalue weighted by atomic mass is 10.2. The summed E-state index contributed by atoms with van der Waals surface area (Å²) in [6.45, 7) is 1.40. The molecule has 1 aliphatic heterocycles. The highest BCUT2D eigenvalue weighted by Crippen LogP contribution is 2.34. The molecule has 0 unspecified atom stereocenters. The molecule has 0 fully saturated rings. The molecule has 6 nitrogen and oxygen atoms in total. The second-order valence-corrected chi connectivity index (χ2v) is 10.0. The molecular weight excluding hydrogens is 427 g/mol. The monoisotopic (exact) mass is 442 g/mol. The van der Waals surface area contributed by atoms with Crippen LogP contribution in [0.3, 0.4) is 0 Å². The molecule has 1 heterocycles. The van der Waals surface area contributed by atoms with E-state index in [4.69, 9.17) is 11.6 Å². The van der Waals surface area contributed by atoms with E-state index < -0.39 is 26.8 Å². The maximum absolute atomic E-state index is 13.8. The lowest BCUT2D eigenvalue weighted by Gasteiger charge is -2.18. The van der Waals surface area contributed by atoms with Crippen LogP contribution in [0.4, 0.5) is 15.8 Å². The Morgan fingerprint density at radius 1 is 1.32 bits per heavy atom. The molecule has 148 valence electrons. The van der Waals surface area contributed by atoms with E-state index in [0.717, 1.165) is 11.0 Å². The number of rotatable bonds is 5. The zero-order valence-corrected chi connectivity index (χ0v) is 17.1. The van der Waals surface area contributed by atoms with Gasteiger partial charge in [0, 0.05) is 16.3 Å². The third-order valence-electron chi connectivity index (χ3n) is 4.12. The number of halogens is 2. The standard InChI is InChI=1S/C18H16ClFN2O4S2/c1-10(6-17(23)21-14-4-2-11(19)7-13(14)20)28(25,26)12-3-5-16-15(8-12)22-18(24)9-27-16/h2-5,7-8,10H,6,9H2,1H3,(H,21,23)(H,22,24)/t10-/m1/s1. The van der Waals surface area contributed by atoms with Crippen molar-refractivity contribution < 1.29 is 22.4 Å². The fraction of sp³-hybridized carbons (Fsp3) is 0.222. The molecule has 10 heteroatoms. The Balaban J connectivity index is 1.74. The molecule has 0 saturated heterocycles. The van der Waals surface area contributed by atoms with Gasteiger partial charge in [-0.15, -0.1) is 11.8 Å². The Morgan fingerprint density at radius 3 is 2.79 bits per heavy atom. The fourth-order valence-corrected chi connectivity index (χ4v) is 4.96. The van der Waals surface area contributed by atoms with Crippen molar-refractivity contribution in [3.8, 4) is 0 Å². The first kappa shape index (κ1) is 20.6. The van der Waals surface area contributed by atoms with E-state index in [1.54, 1.807) is 6.07 Å². The average molecular weight is 443 g/mol. The molecule has 28 heavy (non-hydrogen) atoms. The predicted octanol–water partition coefficient (Wildman–Crippen LogP) is 3.71. The highest BCUT2D eigenvalue weighted by atomic mass is 35.5. The zero-order valence-electron chi connectivity index (χ0n) is 14.7. The Hall–Kier alpha value is -2.10. The van der Waals surface area contributed by atoms with Crippen LogP contribution < -0.4 is 10.6 Å². The van der Waals surface area contributed by atoms with Crippen molar-refractivity contribution in [1.82, 2.24) is 0 Å². The molecule has 2 aromatic carbocycles. The highest BCUT2D eigenvalue weighted by Gasteiger charge is 2.28. The van der Waals surface area contributed by atoms with Gasteiger partial charge in [0.25, 0.3) is 0 Å². The quantitative estimate of drug-likeness (QED) is 0.736. The number of nitrogens with one attached hydrogen (secondary N) is 2. The summed E-state index contributed by atoms with van der Waals surface area (Å²) in [4.78, 5) is 24.5. The first-order chi connectivity index (χ1) is 13.2. The number of thioether (sulfide) groups is 1. The Labute approximate surface area is 170 Å². The van der Waals surface area contributed by atoms with E-state index in [2.05, 4.69) is 10.6 Å². The summed E-state index contributed by atoms with van der Waals surface area (Å²) >= 11 is 6.99. The van der Waals surface area contributed by atoms with Gasteiger partial charge in [-0.2, -0.15) is 0 Å². The normalized spacial score (nSPS) is 14.8. The lowest BCUT2D eigenvalue weighted by Crippen LogP contribution is -2.26. The van der Waals surface area contributed by atoms with Gasteiger partial charge in [-0.25, -0.2) is 12.8 Å². The molecule has 1 aliphatic rings. The van der Waals surface area contributed by atoms with Gasteiger partial charge < -0.3 is 10.6 Å². The van der Waals surface area contributed by atoms with Crippen molar-refractivity contribution in [2.24, 2.45) is 0 Å². The number of carbonyl (C=O) groups is 2. The smallest absolute Gasteiger partial charge is 0.234 e. The van der Waals surface area contributed by atoms with Crippen LogP contribution in [0.2, 0.25) is 5.02 Å². The maximum atomic E-state index is 13.8. The van der Waals surface area contributed by atoms with E-state index in [9.17, 15) is 22.4 Å². The Kier molecular flexibility index (Phi) is 5.97. The van der Waals surface area contributed by atoms with Crippen LogP contribution in [0.1, 0.15) is 13.3 Å². The molecule has 2 aromatic rings. The van der Waals surface area contributed by atoms with Crippen LogP contribution >= 0.6 is 23.4 Å². The van der Waals surface area contributed by atoms with E-state index in [0.29, 0.717) is 5.69 Å². The number of fused-ring (bicyclic) bond motifs is 1. The van der Waals surface area contributed by atoms with E-state index in [-0.39, 0.29) is 33.7 Å². The molecule has 0 radical (unpaired) electrons. The van der Waals surface area contributed by atoms with Gasteiger partial charge in [0.15, 0.2) is 9.84 Å². The molecule has 0 aliphatic carbocycles. The third kappa shape index (κ3) is 4.48. The summed E-state index contributed by atoms with van der Waals surface area (Å²) in [5.74, 6) is -1.28. The SMILES string of the molecule is C[C@H](CC(=O)Nc1ccc(Cl)cc1F)S(=O)(=O)c1ccc2c(c1)NC(=O)CS2.